The Morgan fingerprint density at radius 2 is 1.82 bits per heavy atom. The van der Waals surface area contributed by atoms with Gasteiger partial charge < -0.3 is 9.67 Å². The van der Waals surface area contributed by atoms with Crippen molar-refractivity contribution in [2.45, 2.75) is 50.2 Å². The lowest BCUT2D eigenvalue weighted by Crippen LogP contribution is -2.31. The van der Waals surface area contributed by atoms with Crippen LogP contribution in [0, 0.1) is 0 Å². The zero-order chi connectivity index (χ0) is 23.5. The molecule has 4 aromatic rings. The lowest BCUT2D eigenvalue weighted by atomic mass is 10.2. The largest absolute Gasteiger partial charge is 0.396 e. The molecule has 0 aliphatic heterocycles. The SMILES string of the molecule is CCCCn1c(=O)[nH]c(=O)c2c1nc(CSc1nc3ccccc3c(=O)n1CCCO)n2C. The van der Waals surface area contributed by atoms with E-state index in [-0.39, 0.29) is 12.2 Å². The van der Waals surface area contributed by atoms with Gasteiger partial charge >= 0.3 is 5.69 Å². The summed E-state index contributed by atoms with van der Waals surface area (Å²) in [6, 6.07) is 7.15. The molecular weight excluding hydrogens is 444 g/mol. The molecule has 10 nitrogen and oxygen atoms in total. The van der Waals surface area contributed by atoms with E-state index in [4.69, 9.17) is 0 Å². The van der Waals surface area contributed by atoms with Gasteiger partial charge in [0.15, 0.2) is 16.3 Å². The predicted octanol–water partition coefficient (Wildman–Crippen LogP) is 1.61. The van der Waals surface area contributed by atoms with Gasteiger partial charge in [0.25, 0.3) is 11.1 Å². The lowest BCUT2D eigenvalue weighted by Gasteiger charge is -2.12. The third-order valence-electron chi connectivity index (χ3n) is 5.54. The Bertz CT molecular complexity index is 1480. The molecule has 0 aliphatic rings. The van der Waals surface area contributed by atoms with Crippen LogP contribution in [0.25, 0.3) is 22.1 Å². The van der Waals surface area contributed by atoms with E-state index in [0.717, 1.165) is 12.8 Å². The first kappa shape index (κ1) is 23.0. The van der Waals surface area contributed by atoms with Gasteiger partial charge in [-0.2, -0.15) is 0 Å². The Hall–Kier alpha value is -3.18. The van der Waals surface area contributed by atoms with Gasteiger partial charge in [-0.25, -0.2) is 14.8 Å². The quantitative estimate of drug-likeness (QED) is 0.281. The normalized spacial score (nSPS) is 11.6. The van der Waals surface area contributed by atoms with Gasteiger partial charge in [-0.1, -0.05) is 37.2 Å². The Labute approximate surface area is 192 Å². The number of fused-ring (bicyclic) bond motifs is 2. The maximum absolute atomic E-state index is 13.0. The highest BCUT2D eigenvalue weighted by Gasteiger charge is 2.18. The molecule has 3 heterocycles. The van der Waals surface area contributed by atoms with E-state index >= 15 is 0 Å². The van der Waals surface area contributed by atoms with Gasteiger partial charge in [-0.15, -0.1) is 0 Å². The first-order valence-corrected chi connectivity index (χ1v) is 11.9. The van der Waals surface area contributed by atoms with E-state index in [0.29, 0.717) is 58.3 Å². The average molecular weight is 471 g/mol. The predicted molar refractivity (Wildman–Crippen MR) is 128 cm³/mol. The number of hydrogen-bond donors (Lipinski definition) is 2. The maximum atomic E-state index is 13.0. The zero-order valence-electron chi connectivity index (χ0n) is 18.6. The van der Waals surface area contributed by atoms with Crippen molar-refractivity contribution in [1.29, 1.82) is 0 Å². The summed E-state index contributed by atoms with van der Waals surface area (Å²) in [5.74, 6) is 0.934. The molecule has 0 aliphatic carbocycles. The molecule has 0 saturated carbocycles. The van der Waals surface area contributed by atoms with Crippen LogP contribution in [0.1, 0.15) is 32.0 Å². The standard InChI is InChI=1S/C22H26N6O4S/c1-3-4-10-27-18-17(19(30)25-21(27)32)26(2)16(24-18)13-33-22-23-15-9-6-5-8-14(15)20(31)28(22)11-7-12-29/h5-6,8-9,29H,3-4,7,10-13H2,1-2H3,(H,25,30,32). The van der Waals surface area contributed by atoms with Crippen molar-refractivity contribution < 1.29 is 5.11 Å². The summed E-state index contributed by atoms with van der Waals surface area (Å²) in [6.07, 6.45) is 2.13. The first-order chi connectivity index (χ1) is 16.0. The minimum atomic E-state index is -0.474. The van der Waals surface area contributed by atoms with Crippen molar-refractivity contribution in [3.05, 3.63) is 61.3 Å². The second-order valence-corrected chi connectivity index (χ2v) is 8.70. The summed E-state index contributed by atoms with van der Waals surface area (Å²) in [6.45, 7) is 2.81. The maximum Gasteiger partial charge on any atom is 0.330 e. The highest BCUT2D eigenvalue weighted by atomic mass is 32.2. The molecule has 33 heavy (non-hydrogen) atoms. The molecule has 3 aromatic heterocycles. The second-order valence-electron chi connectivity index (χ2n) is 7.76. The van der Waals surface area contributed by atoms with Gasteiger partial charge in [-0.3, -0.25) is 23.7 Å². The smallest absolute Gasteiger partial charge is 0.330 e. The fourth-order valence-electron chi connectivity index (χ4n) is 3.76. The summed E-state index contributed by atoms with van der Waals surface area (Å²) in [5, 5.41) is 10.3. The van der Waals surface area contributed by atoms with E-state index in [1.165, 1.54) is 16.3 Å². The van der Waals surface area contributed by atoms with E-state index in [2.05, 4.69) is 15.0 Å². The van der Waals surface area contributed by atoms with Crippen LogP contribution in [0.4, 0.5) is 0 Å². The summed E-state index contributed by atoms with van der Waals surface area (Å²) in [4.78, 5) is 49.5. The number of aliphatic hydroxyl groups excluding tert-OH is 1. The number of unbranched alkanes of at least 4 members (excludes halogenated alkanes) is 1. The molecule has 0 fully saturated rings. The number of nitrogens with one attached hydrogen (secondary N) is 1. The van der Waals surface area contributed by atoms with Crippen molar-refractivity contribution in [2.24, 2.45) is 7.05 Å². The molecule has 1 aromatic carbocycles. The van der Waals surface area contributed by atoms with Crippen molar-refractivity contribution in [2.75, 3.05) is 6.61 Å². The molecule has 2 N–H and O–H groups in total. The van der Waals surface area contributed by atoms with Gasteiger partial charge in [0.05, 0.1) is 16.7 Å². The molecule has 0 radical (unpaired) electrons. The fraction of sp³-hybridized carbons (Fsp3) is 0.409. The van der Waals surface area contributed by atoms with Crippen LogP contribution >= 0.6 is 11.8 Å². The Morgan fingerprint density at radius 3 is 2.58 bits per heavy atom. The molecule has 174 valence electrons. The van der Waals surface area contributed by atoms with Gasteiger partial charge in [0.2, 0.25) is 0 Å². The number of nitrogens with zero attached hydrogens (tertiary/aromatic N) is 5. The number of imidazole rings is 1. The van der Waals surface area contributed by atoms with Crippen molar-refractivity contribution in [1.82, 2.24) is 28.7 Å². The van der Waals surface area contributed by atoms with Crippen LogP contribution in [0.2, 0.25) is 0 Å². The highest BCUT2D eigenvalue weighted by Crippen LogP contribution is 2.23. The van der Waals surface area contributed by atoms with Gasteiger partial charge in [0, 0.05) is 26.7 Å². The molecule has 0 amide bonds. The Kier molecular flexibility index (Phi) is 6.80. The minimum Gasteiger partial charge on any atom is -0.396 e. The van der Waals surface area contributed by atoms with Crippen LogP contribution in [-0.4, -0.2) is 40.4 Å². The van der Waals surface area contributed by atoms with Crippen molar-refractivity contribution in [3.8, 4) is 0 Å². The van der Waals surface area contributed by atoms with Gasteiger partial charge in [0.1, 0.15) is 5.82 Å². The van der Waals surface area contributed by atoms with Crippen molar-refractivity contribution in [3.63, 3.8) is 0 Å². The Balaban J connectivity index is 1.75. The summed E-state index contributed by atoms with van der Waals surface area (Å²) in [5.41, 5.74) is 0.196. The van der Waals surface area contributed by atoms with E-state index in [9.17, 15) is 19.5 Å². The number of rotatable bonds is 9. The average Bonchev–Trinajstić information content (AvgIpc) is 3.13. The molecule has 0 bridgehead atoms. The monoisotopic (exact) mass is 470 g/mol. The molecule has 11 heteroatoms. The topological polar surface area (TPSA) is 128 Å². The number of aryl methyl sites for hydroxylation is 2. The minimum absolute atomic E-state index is 0.0355. The lowest BCUT2D eigenvalue weighted by molar-refractivity contribution is 0.276. The van der Waals surface area contributed by atoms with Gasteiger partial charge in [-0.05, 0) is 25.0 Å². The number of thioether (sulfide) groups is 1. The Morgan fingerprint density at radius 1 is 1.06 bits per heavy atom. The van der Waals surface area contributed by atoms with E-state index in [1.807, 2.05) is 13.0 Å². The number of aromatic nitrogens is 6. The van der Waals surface area contributed by atoms with Crippen LogP contribution < -0.4 is 16.8 Å². The second kappa shape index (κ2) is 9.75. The van der Waals surface area contributed by atoms with E-state index in [1.54, 1.807) is 34.4 Å². The molecular formula is C22H26N6O4S. The number of benzene rings is 1. The third kappa shape index (κ3) is 4.38. The summed E-state index contributed by atoms with van der Waals surface area (Å²) in [7, 11) is 1.74. The molecule has 0 saturated heterocycles. The highest BCUT2D eigenvalue weighted by molar-refractivity contribution is 7.98. The third-order valence-corrected chi connectivity index (χ3v) is 6.51. The molecule has 0 unspecified atom stereocenters. The first-order valence-electron chi connectivity index (χ1n) is 10.9. The number of hydrogen-bond acceptors (Lipinski definition) is 7. The number of aromatic amines is 1. The molecule has 0 spiro atoms. The summed E-state index contributed by atoms with van der Waals surface area (Å²) < 4.78 is 4.75. The fourth-order valence-corrected chi connectivity index (χ4v) is 4.77. The van der Waals surface area contributed by atoms with Crippen LogP contribution in [0.3, 0.4) is 0 Å². The summed E-state index contributed by atoms with van der Waals surface area (Å²) >= 11 is 1.33. The number of H-pyrrole nitrogens is 1. The number of aliphatic hydroxyl groups is 1. The van der Waals surface area contributed by atoms with Crippen LogP contribution in [0.5, 0.6) is 0 Å². The van der Waals surface area contributed by atoms with E-state index < -0.39 is 11.2 Å². The zero-order valence-corrected chi connectivity index (χ0v) is 19.4. The van der Waals surface area contributed by atoms with Crippen LogP contribution in [-0.2, 0) is 25.9 Å². The van der Waals surface area contributed by atoms with Crippen molar-refractivity contribution >= 4 is 33.8 Å². The number of para-hydroxylation sites is 1. The molecule has 4 rings (SSSR count). The van der Waals surface area contributed by atoms with Crippen LogP contribution in [0.15, 0.2) is 43.8 Å². The molecule has 0 atom stereocenters.